The SMILES string of the molecule is CC(C)N(Cc1ccccc1)C(=O)c1cccc(C(=O)N2CCN(C)CC2)n1. The van der Waals surface area contributed by atoms with Crippen molar-refractivity contribution in [1.82, 2.24) is 19.7 Å². The first-order valence-corrected chi connectivity index (χ1v) is 9.75. The molecule has 6 nitrogen and oxygen atoms in total. The smallest absolute Gasteiger partial charge is 0.273 e. The van der Waals surface area contributed by atoms with Crippen molar-refractivity contribution in [1.29, 1.82) is 0 Å². The molecule has 28 heavy (non-hydrogen) atoms. The summed E-state index contributed by atoms with van der Waals surface area (Å²) in [5, 5.41) is 0. The Morgan fingerprint density at radius 2 is 1.61 bits per heavy atom. The first-order chi connectivity index (χ1) is 13.5. The highest BCUT2D eigenvalue weighted by atomic mass is 16.2. The van der Waals surface area contributed by atoms with Gasteiger partial charge in [-0.2, -0.15) is 0 Å². The number of carbonyl (C=O) groups is 2. The minimum absolute atomic E-state index is 0.0199. The van der Waals surface area contributed by atoms with Crippen molar-refractivity contribution in [3.05, 3.63) is 65.5 Å². The van der Waals surface area contributed by atoms with E-state index >= 15 is 0 Å². The Morgan fingerprint density at radius 3 is 2.25 bits per heavy atom. The van der Waals surface area contributed by atoms with E-state index in [1.807, 2.05) is 51.2 Å². The van der Waals surface area contributed by atoms with Gasteiger partial charge in [-0.1, -0.05) is 36.4 Å². The molecule has 0 saturated carbocycles. The van der Waals surface area contributed by atoms with Gasteiger partial charge in [0.2, 0.25) is 0 Å². The number of pyridine rings is 1. The molecule has 0 unspecified atom stereocenters. The van der Waals surface area contributed by atoms with Crippen LogP contribution in [0.15, 0.2) is 48.5 Å². The summed E-state index contributed by atoms with van der Waals surface area (Å²) in [6, 6.07) is 15.0. The predicted molar refractivity (Wildman–Crippen MR) is 109 cm³/mol. The van der Waals surface area contributed by atoms with Crippen molar-refractivity contribution in [2.24, 2.45) is 0 Å². The van der Waals surface area contributed by atoms with Crippen molar-refractivity contribution >= 4 is 11.8 Å². The molecule has 0 spiro atoms. The summed E-state index contributed by atoms with van der Waals surface area (Å²) < 4.78 is 0. The van der Waals surface area contributed by atoms with Crippen LogP contribution >= 0.6 is 0 Å². The van der Waals surface area contributed by atoms with Gasteiger partial charge in [0.15, 0.2) is 0 Å². The average Bonchev–Trinajstić information content (AvgIpc) is 2.72. The van der Waals surface area contributed by atoms with Crippen LogP contribution in [-0.2, 0) is 6.54 Å². The number of piperazine rings is 1. The minimum Gasteiger partial charge on any atom is -0.335 e. The van der Waals surface area contributed by atoms with Crippen LogP contribution < -0.4 is 0 Å². The van der Waals surface area contributed by atoms with Crippen LogP contribution in [-0.4, -0.2) is 70.8 Å². The zero-order valence-electron chi connectivity index (χ0n) is 16.8. The van der Waals surface area contributed by atoms with E-state index in [9.17, 15) is 9.59 Å². The van der Waals surface area contributed by atoms with Gasteiger partial charge < -0.3 is 14.7 Å². The highest BCUT2D eigenvalue weighted by molar-refractivity contribution is 5.96. The third-order valence-electron chi connectivity index (χ3n) is 5.06. The molecular weight excluding hydrogens is 352 g/mol. The highest BCUT2D eigenvalue weighted by Crippen LogP contribution is 2.14. The number of carbonyl (C=O) groups excluding carboxylic acids is 2. The zero-order valence-corrected chi connectivity index (χ0v) is 16.8. The Hall–Kier alpha value is -2.73. The molecule has 1 saturated heterocycles. The molecule has 2 aromatic rings. The van der Waals surface area contributed by atoms with Crippen molar-refractivity contribution in [3.8, 4) is 0 Å². The molecule has 6 heteroatoms. The number of nitrogens with zero attached hydrogens (tertiary/aromatic N) is 4. The number of aromatic nitrogens is 1. The van der Waals surface area contributed by atoms with E-state index in [0.717, 1.165) is 18.7 Å². The van der Waals surface area contributed by atoms with Crippen LogP contribution in [0.4, 0.5) is 0 Å². The maximum atomic E-state index is 13.1. The Bertz CT molecular complexity index is 814. The average molecular weight is 380 g/mol. The van der Waals surface area contributed by atoms with Crippen LogP contribution in [0.3, 0.4) is 0 Å². The van der Waals surface area contributed by atoms with E-state index in [2.05, 4.69) is 9.88 Å². The third kappa shape index (κ3) is 4.75. The Kier molecular flexibility index (Phi) is 6.41. The molecule has 0 bridgehead atoms. The lowest BCUT2D eigenvalue weighted by Gasteiger charge is -2.32. The number of benzene rings is 1. The third-order valence-corrected chi connectivity index (χ3v) is 5.06. The number of hydrogen-bond acceptors (Lipinski definition) is 4. The summed E-state index contributed by atoms with van der Waals surface area (Å²) in [4.78, 5) is 36.1. The molecule has 1 fully saturated rings. The molecule has 1 aliphatic heterocycles. The molecule has 148 valence electrons. The van der Waals surface area contributed by atoms with E-state index in [-0.39, 0.29) is 17.9 Å². The molecule has 1 aromatic heterocycles. The highest BCUT2D eigenvalue weighted by Gasteiger charge is 2.24. The first kappa shape index (κ1) is 20.0. The molecule has 0 aliphatic carbocycles. The second kappa shape index (κ2) is 8.97. The molecular formula is C22H28N4O2. The van der Waals surface area contributed by atoms with Crippen molar-refractivity contribution < 1.29 is 9.59 Å². The molecule has 0 atom stereocenters. The minimum atomic E-state index is -0.160. The standard InChI is InChI=1S/C22H28N4O2/c1-17(2)26(16-18-8-5-4-6-9-18)22(28)20-11-7-10-19(23-20)21(27)25-14-12-24(3)13-15-25/h4-11,17H,12-16H2,1-3H3. The van der Waals surface area contributed by atoms with Crippen molar-refractivity contribution in [2.75, 3.05) is 33.2 Å². The van der Waals surface area contributed by atoms with Crippen molar-refractivity contribution in [3.63, 3.8) is 0 Å². The van der Waals surface area contributed by atoms with Gasteiger partial charge in [-0.25, -0.2) is 4.98 Å². The zero-order chi connectivity index (χ0) is 20.1. The molecule has 1 aromatic carbocycles. The second-order valence-corrected chi connectivity index (χ2v) is 7.52. The molecule has 2 amide bonds. The van der Waals surface area contributed by atoms with Gasteiger partial charge in [-0.05, 0) is 38.6 Å². The van der Waals surface area contributed by atoms with E-state index in [1.54, 1.807) is 28.0 Å². The molecule has 2 heterocycles. The largest absolute Gasteiger partial charge is 0.335 e. The van der Waals surface area contributed by atoms with Gasteiger partial charge in [0.1, 0.15) is 11.4 Å². The van der Waals surface area contributed by atoms with Crippen LogP contribution in [0.2, 0.25) is 0 Å². The van der Waals surface area contributed by atoms with E-state index in [4.69, 9.17) is 0 Å². The summed E-state index contributed by atoms with van der Waals surface area (Å²) in [6.07, 6.45) is 0. The Labute approximate surface area is 166 Å². The van der Waals surface area contributed by atoms with Gasteiger partial charge in [0, 0.05) is 38.8 Å². The predicted octanol–water partition coefficient (Wildman–Crippen LogP) is 2.52. The quantitative estimate of drug-likeness (QED) is 0.800. The molecule has 1 aliphatic rings. The summed E-state index contributed by atoms with van der Waals surface area (Å²) in [6.45, 7) is 7.55. The lowest BCUT2D eigenvalue weighted by molar-refractivity contribution is 0.0656. The van der Waals surface area contributed by atoms with Crippen LogP contribution in [0.25, 0.3) is 0 Å². The van der Waals surface area contributed by atoms with Crippen molar-refractivity contribution in [2.45, 2.75) is 26.4 Å². The van der Waals surface area contributed by atoms with E-state index < -0.39 is 0 Å². The molecule has 0 N–H and O–H groups in total. The fraction of sp³-hybridized carbons (Fsp3) is 0.409. The van der Waals surface area contributed by atoms with Crippen LogP contribution in [0.1, 0.15) is 40.4 Å². The number of amides is 2. The lowest BCUT2D eigenvalue weighted by Crippen LogP contribution is -2.47. The summed E-state index contributed by atoms with van der Waals surface area (Å²) in [7, 11) is 2.05. The van der Waals surface area contributed by atoms with Gasteiger partial charge in [-0.3, -0.25) is 9.59 Å². The number of likely N-dealkylation sites (N-methyl/N-ethyl adjacent to an activating group) is 1. The van der Waals surface area contributed by atoms with Gasteiger partial charge in [0.05, 0.1) is 0 Å². The summed E-state index contributed by atoms with van der Waals surface area (Å²) >= 11 is 0. The monoisotopic (exact) mass is 380 g/mol. The van der Waals surface area contributed by atoms with Crippen LogP contribution in [0, 0.1) is 0 Å². The fourth-order valence-corrected chi connectivity index (χ4v) is 3.26. The maximum absolute atomic E-state index is 13.1. The maximum Gasteiger partial charge on any atom is 0.273 e. The van der Waals surface area contributed by atoms with Crippen LogP contribution in [0.5, 0.6) is 0 Å². The summed E-state index contributed by atoms with van der Waals surface area (Å²) in [5.41, 5.74) is 1.71. The van der Waals surface area contributed by atoms with Gasteiger partial charge in [0.25, 0.3) is 11.8 Å². The molecule has 3 rings (SSSR count). The number of rotatable bonds is 5. The molecule has 0 radical (unpaired) electrons. The van der Waals surface area contributed by atoms with E-state index in [0.29, 0.717) is 31.0 Å². The Morgan fingerprint density at radius 1 is 0.964 bits per heavy atom. The van der Waals surface area contributed by atoms with Gasteiger partial charge >= 0.3 is 0 Å². The Balaban J connectivity index is 1.77. The number of hydrogen-bond donors (Lipinski definition) is 0. The second-order valence-electron chi connectivity index (χ2n) is 7.52. The fourth-order valence-electron chi connectivity index (χ4n) is 3.26. The normalized spacial score (nSPS) is 14.9. The summed E-state index contributed by atoms with van der Waals surface area (Å²) in [5.74, 6) is -0.270. The lowest BCUT2D eigenvalue weighted by atomic mass is 10.1. The first-order valence-electron chi connectivity index (χ1n) is 9.75. The van der Waals surface area contributed by atoms with E-state index in [1.165, 1.54) is 0 Å². The topological polar surface area (TPSA) is 56.8 Å². The van der Waals surface area contributed by atoms with Gasteiger partial charge in [-0.15, -0.1) is 0 Å².